The summed E-state index contributed by atoms with van der Waals surface area (Å²) in [5.41, 5.74) is 6.04. The van der Waals surface area contributed by atoms with E-state index < -0.39 is 10.0 Å². The van der Waals surface area contributed by atoms with Crippen LogP contribution >= 0.6 is 0 Å². The predicted octanol–water partition coefficient (Wildman–Crippen LogP) is 2.09. The number of nitrogen functional groups attached to an aromatic ring is 1. The lowest BCUT2D eigenvalue weighted by Gasteiger charge is -2.15. The molecule has 1 heterocycles. The Bertz CT molecular complexity index is 749. The molecule has 0 unspecified atom stereocenters. The zero-order chi connectivity index (χ0) is 15.6. The summed E-state index contributed by atoms with van der Waals surface area (Å²) in [7, 11) is -3.77. The summed E-state index contributed by atoms with van der Waals surface area (Å²) >= 11 is 0. The maximum absolute atomic E-state index is 12.5. The van der Waals surface area contributed by atoms with Crippen molar-refractivity contribution in [1.82, 2.24) is 4.98 Å². The first-order valence-electron chi connectivity index (χ1n) is 6.36. The summed E-state index contributed by atoms with van der Waals surface area (Å²) in [5.74, 6) is 5.35. The highest BCUT2D eigenvalue weighted by Gasteiger charge is 2.20. The van der Waals surface area contributed by atoms with Gasteiger partial charge in [0.15, 0.2) is 0 Å². The van der Waals surface area contributed by atoms with Crippen LogP contribution in [0.5, 0.6) is 0 Å². The van der Waals surface area contributed by atoms with E-state index in [4.69, 9.17) is 5.84 Å². The van der Waals surface area contributed by atoms with Gasteiger partial charge in [0, 0.05) is 12.4 Å². The Morgan fingerprint density at radius 2 is 1.76 bits per heavy atom. The average Bonchev–Trinajstić information content (AvgIpc) is 2.43. The number of nitrogens with two attached hydrogens (primary N) is 1. The molecule has 2 aromatic rings. The molecule has 1 aromatic carbocycles. The van der Waals surface area contributed by atoms with Crippen LogP contribution in [0, 0.1) is 20.8 Å². The molecule has 0 aliphatic rings. The fourth-order valence-electron chi connectivity index (χ4n) is 2.24. The molecular weight excluding hydrogens is 288 g/mol. The summed E-state index contributed by atoms with van der Waals surface area (Å²) in [6.07, 6.45) is 2.73. The second kappa shape index (κ2) is 5.71. The summed E-state index contributed by atoms with van der Waals surface area (Å²) in [6, 6.07) is 5.36. The number of benzene rings is 1. The van der Waals surface area contributed by atoms with Crippen molar-refractivity contribution in [1.29, 1.82) is 0 Å². The SMILES string of the molecule is Cc1cc(C)c(NS(=O)(=O)c2cnccc2NN)c(C)c1. The van der Waals surface area contributed by atoms with Gasteiger partial charge < -0.3 is 5.43 Å². The molecular formula is C14H18N4O2S. The molecule has 6 nitrogen and oxygen atoms in total. The van der Waals surface area contributed by atoms with Crippen molar-refractivity contribution < 1.29 is 8.42 Å². The lowest BCUT2D eigenvalue weighted by Crippen LogP contribution is -2.18. The highest BCUT2D eigenvalue weighted by atomic mass is 32.2. The third-order valence-electron chi connectivity index (χ3n) is 3.14. The second-order valence-corrected chi connectivity index (χ2v) is 6.55. The van der Waals surface area contributed by atoms with Crippen molar-refractivity contribution in [2.24, 2.45) is 5.84 Å². The maximum Gasteiger partial charge on any atom is 0.265 e. The number of rotatable bonds is 4. The Balaban J connectivity index is 2.48. The molecule has 0 bridgehead atoms. The lowest BCUT2D eigenvalue weighted by molar-refractivity contribution is 0.601. The van der Waals surface area contributed by atoms with Gasteiger partial charge in [0.25, 0.3) is 10.0 Å². The fraction of sp³-hybridized carbons (Fsp3) is 0.214. The zero-order valence-electron chi connectivity index (χ0n) is 12.1. The number of hydrogen-bond acceptors (Lipinski definition) is 5. The number of hydrogen-bond donors (Lipinski definition) is 3. The average molecular weight is 306 g/mol. The molecule has 0 amide bonds. The highest BCUT2D eigenvalue weighted by molar-refractivity contribution is 7.92. The van der Waals surface area contributed by atoms with Crippen LogP contribution in [-0.2, 0) is 10.0 Å². The van der Waals surface area contributed by atoms with Gasteiger partial charge in [-0.25, -0.2) is 8.42 Å². The summed E-state index contributed by atoms with van der Waals surface area (Å²) in [4.78, 5) is 3.85. The Morgan fingerprint density at radius 3 is 2.33 bits per heavy atom. The monoisotopic (exact) mass is 306 g/mol. The number of anilines is 2. The number of pyridine rings is 1. The first-order chi connectivity index (χ1) is 9.85. The summed E-state index contributed by atoms with van der Waals surface area (Å²) in [5, 5.41) is 0. The molecule has 4 N–H and O–H groups in total. The minimum absolute atomic E-state index is 0.00637. The van der Waals surface area contributed by atoms with Crippen LogP contribution in [0.4, 0.5) is 11.4 Å². The van der Waals surface area contributed by atoms with Gasteiger partial charge in [-0.05, 0) is 38.0 Å². The van der Waals surface area contributed by atoms with Crippen LogP contribution in [0.25, 0.3) is 0 Å². The largest absolute Gasteiger partial charge is 0.323 e. The molecule has 7 heteroatoms. The molecule has 112 valence electrons. The van der Waals surface area contributed by atoms with E-state index in [0.717, 1.165) is 16.7 Å². The normalized spacial score (nSPS) is 11.2. The zero-order valence-corrected chi connectivity index (χ0v) is 13.0. The third-order valence-corrected chi connectivity index (χ3v) is 4.52. The van der Waals surface area contributed by atoms with Crippen molar-refractivity contribution in [3.63, 3.8) is 0 Å². The Kier molecular flexibility index (Phi) is 4.15. The Morgan fingerprint density at radius 1 is 1.14 bits per heavy atom. The maximum atomic E-state index is 12.5. The van der Waals surface area contributed by atoms with Gasteiger partial charge >= 0.3 is 0 Å². The molecule has 21 heavy (non-hydrogen) atoms. The van der Waals surface area contributed by atoms with E-state index in [0.29, 0.717) is 11.4 Å². The molecule has 0 aliphatic carbocycles. The first-order valence-corrected chi connectivity index (χ1v) is 7.85. The molecule has 0 fully saturated rings. The summed E-state index contributed by atoms with van der Waals surface area (Å²) < 4.78 is 27.7. The van der Waals surface area contributed by atoms with E-state index in [9.17, 15) is 8.42 Å². The van der Waals surface area contributed by atoms with E-state index >= 15 is 0 Å². The highest BCUT2D eigenvalue weighted by Crippen LogP contribution is 2.27. The second-order valence-electron chi connectivity index (χ2n) is 4.90. The molecule has 0 spiro atoms. The van der Waals surface area contributed by atoms with Gasteiger partial charge in [-0.3, -0.25) is 15.5 Å². The van der Waals surface area contributed by atoms with Crippen LogP contribution < -0.4 is 16.0 Å². The number of aromatic nitrogens is 1. The fourth-order valence-corrected chi connectivity index (χ4v) is 3.56. The molecule has 0 aliphatic heterocycles. The molecule has 0 radical (unpaired) electrons. The van der Waals surface area contributed by atoms with Crippen molar-refractivity contribution in [2.75, 3.05) is 10.1 Å². The van der Waals surface area contributed by atoms with Gasteiger partial charge in [0.2, 0.25) is 0 Å². The van der Waals surface area contributed by atoms with Crippen molar-refractivity contribution >= 4 is 21.4 Å². The van der Waals surface area contributed by atoms with Gasteiger partial charge in [0.1, 0.15) is 4.90 Å². The van der Waals surface area contributed by atoms with Crippen molar-refractivity contribution in [3.8, 4) is 0 Å². The van der Waals surface area contributed by atoms with Gasteiger partial charge in [-0.15, -0.1) is 0 Å². The van der Waals surface area contributed by atoms with Gasteiger partial charge in [-0.2, -0.15) is 0 Å². The van der Waals surface area contributed by atoms with Crippen molar-refractivity contribution in [2.45, 2.75) is 25.7 Å². The molecule has 0 saturated carbocycles. The van der Waals surface area contributed by atoms with Gasteiger partial charge in [-0.1, -0.05) is 17.7 Å². The first kappa shape index (κ1) is 15.3. The quantitative estimate of drug-likeness (QED) is 0.593. The minimum Gasteiger partial charge on any atom is -0.323 e. The number of nitrogens with one attached hydrogen (secondary N) is 2. The van der Waals surface area contributed by atoms with Crippen LogP contribution in [0.2, 0.25) is 0 Å². The van der Waals surface area contributed by atoms with E-state index in [1.165, 1.54) is 18.5 Å². The molecule has 1 aromatic heterocycles. The number of hydrazine groups is 1. The third kappa shape index (κ3) is 3.14. The van der Waals surface area contributed by atoms with Crippen LogP contribution in [-0.4, -0.2) is 13.4 Å². The molecule has 0 saturated heterocycles. The predicted molar refractivity (Wildman–Crippen MR) is 83.5 cm³/mol. The Labute approximate surface area is 124 Å². The van der Waals surface area contributed by atoms with E-state index in [1.54, 1.807) is 0 Å². The van der Waals surface area contributed by atoms with Gasteiger partial charge in [0.05, 0.1) is 11.4 Å². The van der Waals surface area contributed by atoms with E-state index in [2.05, 4.69) is 15.1 Å². The number of sulfonamides is 1. The molecule has 2 rings (SSSR count). The number of nitrogens with zero attached hydrogens (tertiary/aromatic N) is 1. The molecule has 0 atom stereocenters. The lowest BCUT2D eigenvalue weighted by atomic mass is 10.1. The standard InChI is InChI=1S/C14H18N4O2S/c1-9-6-10(2)14(11(3)7-9)18-21(19,20)13-8-16-5-4-12(13)17-15/h4-8,18H,15H2,1-3H3,(H,16,17). The topological polar surface area (TPSA) is 97.1 Å². The number of aryl methyl sites for hydroxylation is 3. The smallest absolute Gasteiger partial charge is 0.265 e. The van der Waals surface area contributed by atoms with E-state index in [-0.39, 0.29) is 4.90 Å². The van der Waals surface area contributed by atoms with E-state index in [1.807, 2.05) is 32.9 Å². The van der Waals surface area contributed by atoms with Crippen LogP contribution in [0.15, 0.2) is 35.5 Å². The Hall–Kier alpha value is -2.12. The van der Waals surface area contributed by atoms with Crippen LogP contribution in [0.3, 0.4) is 0 Å². The van der Waals surface area contributed by atoms with Crippen LogP contribution in [0.1, 0.15) is 16.7 Å². The van der Waals surface area contributed by atoms with Crippen molar-refractivity contribution in [3.05, 3.63) is 47.3 Å². The minimum atomic E-state index is -3.77. The summed E-state index contributed by atoms with van der Waals surface area (Å²) in [6.45, 7) is 5.70.